The Hall–Kier alpha value is -3.21. The van der Waals surface area contributed by atoms with E-state index in [2.05, 4.69) is 79.6 Å². The molecule has 2 atom stereocenters. The van der Waals surface area contributed by atoms with Crippen LogP contribution in [0.1, 0.15) is 37.4 Å². The van der Waals surface area contributed by atoms with Crippen molar-refractivity contribution in [3.63, 3.8) is 0 Å². The summed E-state index contributed by atoms with van der Waals surface area (Å²) in [4.78, 5) is 29.5. The maximum absolute atomic E-state index is 13.0. The molecule has 1 fully saturated rings. The van der Waals surface area contributed by atoms with Crippen molar-refractivity contribution in [2.24, 2.45) is 0 Å². The lowest BCUT2D eigenvalue weighted by molar-refractivity contribution is -0.00348. The molecule has 2 heterocycles. The highest BCUT2D eigenvalue weighted by Crippen LogP contribution is 2.39. The van der Waals surface area contributed by atoms with E-state index in [-0.39, 0.29) is 21.3 Å². The molecule has 0 bridgehead atoms. The number of ether oxygens (including phenoxy) is 1. The Balaban J connectivity index is 1.33. The van der Waals surface area contributed by atoms with Crippen molar-refractivity contribution in [3.05, 3.63) is 118 Å². The van der Waals surface area contributed by atoms with Crippen LogP contribution in [0.2, 0.25) is 10.1 Å². The molecular formula is C31H32ClN3O4SSi. The minimum Gasteiger partial charge on any atom is -0.404 e. The molecule has 0 unspecified atom stereocenters. The van der Waals surface area contributed by atoms with Crippen molar-refractivity contribution in [2.45, 2.75) is 37.5 Å². The van der Waals surface area contributed by atoms with Gasteiger partial charge in [0.05, 0.1) is 11.6 Å². The minimum atomic E-state index is -2.72. The fraction of sp³-hybridized carbons (Fsp3) is 0.258. The summed E-state index contributed by atoms with van der Waals surface area (Å²) in [6.45, 7) is 7.05. The summed E-state index contributed by atoms with van der Waals surface area (Å²) in [5.41, 5.74) is -0.407. The van der Waals surface area contributed by atoms with Crippen LogP contribution in [0.25, 0.3) is 0 Å². The van der Waals surface area contributed by atoms with Gasteiger partial charge in [-0.25, -0.2) is 4.79 Å². The van der Waals surface area contributed by atoms with Crippen LogP contribution in [0.3, 0.4) is 0 Å². The molecule has 0 saturated carbocycles. The monoisotopic (exact) mass is 605 g/mol. The molecule has 1 aliphatic heterocycles. The zero-order valence-corrected chi connectivity index (χ0v) is 25.7. The van der Waals surface area contributed by atoms with Gasteiger partial charge in [-0.3, -0.25) is 9.36 Å². The molecule has 1 amide bonds. The predicted molar refractivity (Wildman–Crippen MR) is 168 cm³/mol. The lowest BCUT2D eigenvalue weighted by Crippen LogP contribution is -2.67. The van der Waals surface area contributed by atoms with E-state index in [9.17, 15) is 9.59 Å². The first kappa shape index (κ1) is 29.3. The normalized spacial score (nSPS) is 17.4. The number of nitrogens with zero attached hydrogens (tertiary/aromatic N) is 2. The van der Waals surface area contributed by atoms with E-state index in [0.29, 0.717) is 17.9 Å². The molecule has 1 aromatic heterocycles. The van der Waals surface area contributed by atoms with Gasteiger partial charge in [-0.05, 0) is 27.5 Å². The topological polar surface area (TPSA) is 82.4 Å². The Kier molecular flexibility index (Phi) is 8.81. The Bertz CT molecular complexity index is 1510. The molecular weight excluding hydrogens is 574 g/mol. The molecule has 3 aromatic carbocycles. The van der Waals surface area contributed by atoms with Crippen LogP contribution in [0.15, 0.2) is 102 Å². The van der Waals surface area contributed by atoms with E-state index in [4.69, 9.17) is 20.8 Å². The average molecular weight is 606 g/mol. The van der Waals surface area contributed by atoms with Gasteiger partial charge in [-0.1, -0.05) is 111 Å². The lowest BCUT2D eigenvalue weighted by atomic mass is 10.2. The fourth-order valence-corrected chi connectivity index (χ4v) is 11.0. The SMILES string of the molecule is CC(C)(C)[Si](OC[C@@H]1O[C@H](n2cc(Cl)c(NC(=O)c3ccccc3)nc2=O)CS1)(c1ccccc1)c1ccccc1. The summed E-state index contributed by atoms with van der Waals surface area (Å²) < 4.78 is 14.7. The van der Waals surface area contributed by atoms with Gasteiger partial charge in [0.1, 0.15) is 11.7 Å². The van der Waals surface area contributed by atoms with Gasteiger partial charge in [-0.15, -0.1) is 11.8 Å². The molecule has 1 saturated heterocycles. The number of thioether (sulfide) groups is 1. The highest BCUT2D eigenvalue weighted by atomic mass is 35.5. The number of anilines is 1. The third-order valence-corrected chi connectivity index (χ3v) is 13.4. The van der Waals surface area contributed by atoms with Crippen molar-refractivity contribution < 1.29 is 14.0 Å². The van der Waals surface area contributed by atoms with Gasteiger partial charge in [0.25, 0.3) is 14.2 Å². The molecule has 0 aliphatic carbocycles. The Labute approximate surface area is 250 Å². The smallest absolute Gasteiger partial charge is 0.351 e. The van der Waals surface area contributed by atoms with E-state index >= 15 is 0 Å². The third kappa shape index (κ3) is 6.19. The number of amides is 1. The number of hydrogen-bond acceptors (Lipinski definition) is 6. The van der Waals surface area contributed by atoms with E-state index < -0.39 is 26.1 Å². The molecule has 0 spiro atoms. The number of hydrogen-bond donors (Lipinski definition) is 1. The van der Waals surface area contributed by atoms with Crippen molar-refractivity contribution in [3.8, 4) is 0 Å². The molecule has 10 heteroatoms. The summed E-state index contributed by atoms with van der Waals surface area (Å²) in [5, 5.41) is 4.99. The standard InChI is InChI=1S/C31H32ClN3O4SSi/c1-31(2,3)41(23-15-9-5-10-16-23,24-17-11-6-12-18-24)38-20-27-39-26(21-40-27)35-19-25(32)28(34-30(35)37)33-29(36)22-13-7-4-8-14-22/h4-19,26-27H,20-21H2,1-3H3,(H,33,34,36,37)/t26-,27+/m0/s1. The predicted octanol–water partition coefficient (Wildman–Crippen LogP) is 5.31. The second-order valence-corrected chi connectivity index (χ2v) is 16.7. The number of nitrogens with one attached hydrogen (secondary N) is 1. The quantitative estimate of drug-likeness (QED) is 0.274. The second-order valence-electron chi connectivity index (χ2n) is 10.8. The Morgan fingerprint density at radius 2 is 1.59 bits per heavy atom. The van der Waals surface area contributed by atoms with E-state index in [1.807, 2.05) is 18.2 Å². The molecule has 41 heavy (non-hydrogen) atoms. The Morgan fingerprint density at radius 3 is 2.15 bits per heavy atom. The van der Waals surface area contributed by atoms with Crippen LogP contribution in [0.4, 0.5) is 5.82 Å². The van der Waals surface area contributed by atoms with Crippen molar-refractivity contribution in [2.75, 3.05) is 17.7 Å². The largest absolute Gasteiger partial charge is 0.404 e. The van der Waals surface area contributed by atoms with Crippen molar-refractivity contribution in [1.29, 1.82) is 0 Å². The van der Waals surface area contributed by atoms with E-state index in [1.54, 1.807) is 36.0 Å². The number of halogens is 1. The van der Waals surface area contributed by atoms with Gasteiger partial charge in [0, 0.05) is 17.5 Å². The zero-order chi connectivity index (χ0) is 29.0. The second kappa shape index (κ2) is 12.3. The zero-order valence-electron chi connectivity index (χ0n) is 23.1. The fourth-order valence-electron chi connectivity index (χ4n) is 5.14. The van der Waals surface area contributed by atoms with Crippen molar-refractivity contribution in [1.82, 2.24) is 9.55 Å². The first-order valence-electron chi connectivity index (χ1n) is 13.4. The van der Waals surface area contributed by atoms with Crippen LogP contribution >= 0.6 is 23.4 Å². The first-order valence-corrected chi connectivity index (χ1v) is 16.7. The molecule has 5 rings (SSSR count). The summed E-state index contributed by atoms with van der Waals surface area (Å²) in [5.74, 6) is 0.145. The summed E-state index contributed by atoms with van der Waals surface area (Å²) in [6, 6.07) is 29.5. The Morgan fingerprint density at radius 1 is 1.02 bits per heavy atom. The minimum absolute atomic E-state index is 0.0130. The van der Waals surface area contributed by atoms with Crippen LogP contribution in [0, 0.1) is 0 Å². The van der Waals surface area contributed by atoms with Crippen LogP contribution < -0.4 is 21.4 Å². The van der Waals surface area contributed by atoms with Gasteiger partial charge >= 0.3 is 5.69 Å². The van der Waals surface area contributed by atoms with Gasteiger partial charge < -0.3 is 14.5 Å². The number of carbonyl (C=O) groups excluding carboxylic acids is 1. The molecule has 1 aliphatic rings. The number of rotatable bonds is 8. The molecule has 7 nitrogen and oxygen atoms in total. The molecule has 1 N–H and O–H groups in total. The molecule has 4 aromatic rings. The summed E-state index contributed by atoms with van der Waals surface area (Å²) in [6.07, 6.45) is 0.901. The highest BCUT2D eigenvalue weighted by Gasteiger charge is 2.50. The summed E-state index contributed by atoms with van der Waals surface area (Å²) >= 11 is 8.02. The third-order valence-electron chi connectivity index (χ3n) is 7.07. The number of carbonyl (C=O) groups is 1. The number of benzene rings is 3. The lowest BCUT2D eigenvalue weighted by Gasteiger charge is -2.43. The average Bonchev–Trinajstić information content (AvgIpc) is 3.45. The first-order chi connectivity index (χ1) is 19.7. The van der Waals surface area contributed by atoms with E-state index in [0.717, 1.165) is 0 Å². The molecule has 0 radical (unpaired) electrons. The van der Waals surface area contributed by atoms with Crippen LogP contribution in [-0.2, 0) is 9.16 Å². The van der Waals surface area contributed by atoms with Crippen molar-refractivity contribution >= 4 is 53.8 Å². The number of aromatic nitrogens is 2. The van der Waals surface area contributed by atoms with Gasteiger partial charge in [-0.2, -0.15) is 4.98 Å². The maximum Gasteiger partial charge on any atom is 0.351 e. The van der Waals surface area contributed by atoms with Crippen LogP contribution in [0.5, 0.6) is 0 Å². The van der Waals surface area contributed by atoms with Crippen LogP contribution in [-0.4, -0.2) is 41.6 Å². The summed E-state index contributed by atoms with van der Waals surface area (Å²) in [7, 11) is -2.72. The maximum atomic E-state index is 13.0. The van der Waals surface area contributed by atoms with E-state index in [1.165, 1.54) is 21.1 Å². The van der Waals surface area contributed by atoms with Gasteiger partial charge in [0.15, 0.2) is 5.82 Å². The highest BCUT2D eigenvalue weighted by molar-refractivity contribution is 8.00. The molecule has 212 valence electrons. The van der Waals surface area contributed by atoms with Gasteiger partial charge in [0.2, 0.25) is 0 Å².